The highest BCUT2D eigenvalue weighted by Crippen LogP contribution is 2.33. The molecule has 110 valence electrons. The van der Waals surface area contributed by atoms with E-state index in [1.165, 1.54) is 11.8 Å². The first-order valence-corrected chi connectivity index (χ1v) is 7.44. The number of thioether (sulfide) groups is 1. The van der Waals surface area contributed by atoms with E-state index in [0.29, 0.717) is 24.0 Å². The third-order valence-corrected chi connectivity index (χ3v) is 4.60. The molecule has 21 heavy (non-hydrogen) atoms. The summed E-state index contributed by atoms with van der Waals surface area (Å²) in [7, 11) is 3.50. The number of methoxy groups -OCH3 is 1. The molecule has 0 aliphatic carbocycles. The van der Waals surface area contributed by atoms with Crippen LogP contribution in [-0.2, 0) is 16.6 Å². The van der Waals surface area contributed by atoms with Crippen LogP contribution in [0.25, 0.3) is 11.4 Å². The Morgan fingerprint density at radius 1 is 1.38 bits per heavy atom. The van der Waals surface area contributed by atoms with Gasteiger partial charge in [-0.15, -0.1) is 10.2 Å². The second-order valence-corrected chi connectivity index (χ2v) is 5.80. The molecule has 0 amide bonds. The molecule has 7 heteroatoms. The summed E-state index contributed by atoms with van der Waals surface area (Å²) in [5.41, 5.74) is 0.871. The van der Waals surface area contributed by atoms with E-state index in [0.717, 1.165) is 11.3 Å². The van der Waals surface area contributed by atoms with Gasteiger partial charge in [-0.25, -0.2) is 0 Å². The van der Waals surface area contributed by atoms with Gasteiger partial charge in [0.2, 0.25) is 0 Å². The minimum atomic E-state index is -0.196. The number of para-hydroxylation sites is 1. The van der Waals surface area contributed by atoms with Gasteiger partial charge in [0.25, 0.3) is 0 Å². The molecule has 1 aliphatic heterocycles. The number of carbonyl (C=O) groups excluding carboxylic acids is 1. The van der Waals surface area contributed by atoms with Crippen LogP contribution >= 0.6 is 11.8 Å². The van der Waals surface area contributed by atoms with Gasteiger partial charge in [-0.2, -0.15) is 0 Å². The predicted molar refractivity (Wildman–Crippen MR) is 78.2 cm³/mol. The molecule has 0 radical (unpaired) electrons. The molecule has 2 heterocycles. The van der Waals surface area contributed by atoms with Gasteiger partial charge in [-0.05, 0) is 12.1 Å². The van der Waals surface area contributed by atoms with Crippen molar-refractivity contribution in [1.29, 1.82) is 0 Å². The molecule has 1 saturated heterocycles. The number of nitrogens with zero attached hydrogens (tertiary/aromatic N) is 3. The Kier molecular flexibility index (Phi) is 3.83. The molecule has 1 aromatic heterocycles. The normalized spacial score (nSPS) is 17.8. The van der Waals surface area contributed by atoms with E-state index in [1.54, 1.807) is 7.11 Å². The standard InChI is InChI=1S/C14H15N3O3S/c1-17-12(9-5-3-4-6-10(9)19-2)15-16-14(17)21-11-7-8-20-13(11)18/h3-6,11H,7-8H2,1-2H3/t11-/m0/s1. The maximum Gasteiger partial charge on any atom is 0.319 e. The van der Waals surface area contributed by atoms with Crippen molar-refractivity contribution in [2.75, 3.05) is 13.7 Å². The van der Waals surface area contributed by atoms with Crippen LogP contribution in [0, 0.1) is 0 Å². The van der Waals surface area contributed by atoms with Gasteiger partial charge < -0.3 is 14.0 Å². The summed E-state index contributed by atoms with van der Waals surface area (Å²) in [6.45, 7) is 0.480. The van der Waals surface area contributed by atoms with E-state index in [4.69, 9.17) is 9.47 Å². The van der Waals surface area contributed by atoms with Crippen LogP contribution in [0.1, 0.15) is 6.42 Å². The highest BCUT2D eigenvalue weighted by Gasteiger charge is 2.29. The van der Waals surface area contributed by atoms with E-state index in [9.17, 15) is 4.79 Å². The zero-order valence-electron chi connectivity index (χ0n) is 11.8. The molecule has 1 atom stereocenters. The second-order valence-electron chi connectivity index (χ2n) is 4.63. The van der Waals surface area contributed by atoms with Gasteiger partial charge in [-0.1, -0.05) is 23.9 Å². The van der Waals surface area contributed by atoms with Crippen LogP contribution in [0.3, 0.4) is 0 Å². The lowest BCUT2D eigenvalue weighted by Crippen LogP contribution is -2.10. The average molecular weight is 305 g/mol. The summed E-state index contributed by atoms with van der Waals surface area (Å²) in [5.74, 6) is 1.27. The summed E-state index contributed by atoms with van der Waals surface area (Å²) in [5, 5.41) is 8.90. The van der Waals surface area contributed by atoms with Gasteiger partial charge in [0.1, 0.15) is 11.0 Å². The fourth-order valence-corrected chi connectivity index (χ4v) is 3.16. The van der Waals surface area contributed by atoms with E-state index in [-0.39, 0.29) is 11.2 Å². The Balaban J connectivity index is 1.90. The maximum atomic E-state index is 11.5. The third-order valence-electron chi connectivity index (χ3n) is 3.32. The Hall–Kier alpha value is -2.02. The lowest BCUT2D eigenvalue weighted by Gasteiger charge is -2.08. The van der Waals surface area contributed by atoms with Gasteiger partial charge >= 0.3 is 5.97 Å². The van der Waals surface area contributed by atoms with Gasteiger partial charge in [0.05, 0.1) is 19.3 Å². The molecular weight excluding hydrogens is 290 g/mol. The van der Waals surface area contributed by atoms with E-state index >= 15 is 0 Å². The monoisotopic (exact) mass is 305 g/mol. The molecule has 0 bridgehead atoms. The zero-order chi connectivity index (χ0) is 14.8. The number of benzene rings is 1. The molecule has 3 rings (SSSR count). The first kappa shape index (κ1) is 13.9. The number of carbonyl (C=O) groups is 1. The van der Waals surface area contributed by atoms with Crippen molar-refractivity contribution in [3.63, 3.8) is 0 Å². The second kappa shape index (κ2) is 5.77. The molecular formula is C14H15N3O3S. The lowest BCUT2D eigenvalue weighted by atomic mass is 10.2. The molecule has 6 nitrogen and oxygen atoms in total. The molecule has 0 saturated carbocycles. The Morgan fingerprint density at radius 3 is 2.90 bits per heavy atom. The van der Waals surface area contributed by atoms with Crippen LogP contribution in [0.4, 0.5) is 0 Å². The topological polar surface area (TPSA) is 66.2 Å². The highest BCUT2D eigenvalue weighted by atomic mass is 32.2. The van der Waals surface area contributed by atoms with Crippen LogP contribution in [0.2, 0.25) is 0 Å². The Bertz CT molecular complexity index is 671. The average Bonchev–Trinajstić information content (AvgIpc) is 3.07. The SMILES string of the molecule is COc1ccccc1-c1nnc(S[C@H]2CCOC2=O)n1C. The van der Waals surface area contributed by atoms with Crippen molar-refractivity contribution in [2.45, 2.75) is 16.8 Å². The number of rotatable bonds is 4. The van der Waals surface area contributed by atoms with Gasteiger partial charge in [0.15, 0.2) is 11.0 Å². The number of hydrogen-bond acceptors (Lipinski definition) is 6. The third kappa shape index (κ3) is 2.61. The fourth-order valence-electron chi connectivity index (χ4n) is 2.19. The van der Waals surface area contributed by atoms with Crippen LogP contribution in [0.5, 0.6) is 5.75 Å². The van der Waals surface area contributed by atoms with E-state index < -0.39 is 0 Å². The Morgan fingerprint density at radius 2 is 2.19 bits per heavy atom. The van der Waals surface area contributed by atoms with Crippen molar-refractivity contribution in [2.24, 2.45) is 7.05 Å². The number of esters is 1. The van der Waals surface area contributed by atoms with Crippen molar-refractivity contribution in [3.8, 4) is 17.1 Å². The predicted octanol–water partition coefficient (Wildman–Crippen LogP) is 1.90. The highest BCUT2D eigenvalue weighted by molar-refractivity contribution is 8.00. The summed E-state index contributed by atoms with van der Waals surface area (Å²) >= 11 is 1.39. The van der Waals surface area contributed by atoms with Crippen LogP contribution < -0.4 is 4.74 Å². The molecule has 1 aromatic carbocycles. The van der Waals surface area contributed by atoms with E-state index in [2.05, 4.69) is 10.2 Å². The number of cyclic esters (lactones) is 1. The van der Waals surface area contributed by atoms with Crippen LogP contribution in [-0.4, -0.2) is 39.7 Å². The summed E-state index contributed by atoms with van der Waals surface area (Å²) in [6.07, 6.45) is 0.709. The van der Waals surface area contributed by atoms with Crippen molar-refractivity contribution >= 4 is 17.7 Å². The largest absolute Gasteiger partial charge is 0.496 e. The van der Waals surface area contributed by atoms with Crippen molar-refractivity contribution in [3.05, 3.63) is 24.3 Å². The zero-order valence-corrected chi connectivity index (χ0v) is 12.6. The molecule has 0 spiro atoms. The number of ether oxygens (including phenoxy) is 2. The summed E-state index contributed by atoms with van der Waals surface area (Å²) < 4.78 is 12.2. The maximum absolute atomic E-state index is 11.5. The smallest absolute Gasteiger partial charge is 0.319 e. The fraction of sp³-hybridized carbons (Fsp3) is 0.357. The number of hydrogen-bond donors (Lipinski definition) is 0. The summed E-state index contributed by atoms with van der Waals surface area (Å²) in [4.78, 5) is 11.5. The Labute approximate surface area is 126 Å². The summed E-state index contributed by atoms with van der Waals surface area (Å²) in [6, 6.07) is 7.64. The molecule has 0 unspecified atom stereocenters. The quantitative estimate of drug-likeness (QED) is 0.804. The minimum absolute atomic E-state index is 0.179. The molecule has 1 fully saturated rings. The van der Waals surface area contributed by atoms with Gasteiger partial charge in [-0.3, -0.25) is 4.79 Å². The first-order chi connectivity index (χ1) is 10.2. The molecule has 2 aromatic rings. The molecule has 0 N–H and O–H groups in total. The van der Waals surface area contributed by atoms with Crippen LogP contribution in [0.15, 0.2) is 29.4 Å². The van der Waals surface area contributed by atoms with Crippen molar-refractivity contribution in [1.82, 2.24) is 14.8 Å². The van der Waals surface area contributed by atoms with Crippen molar-refractivity contribution < 1.29 is 14.3 Å². The first-order valence-electron chi connectivity index (χ1n) is 6.57. The molecule has 1 aliphatic rings. The van der Waals surface area contributed by atoms with E-state index in [1.807, 2.05) is 35.9 Å². The number of aromatic nitrogens is 3. The van der Waals surface area contributed by atoms with Gasteiger partial charge in [0, 0.05) is 13.5 Å². The minimum Gasteiger partial charge on any atom is -0.496 e. The lowest BCUT2D eigenvalue weighted by molar-refractivity contribution is -0.137.